The van der Waals surface area contributed by atoms with Crippen LogP contribution in [0.2, 0.25) is 0 Å². The third-order valence-electron chi connectivity index (χ3n) is 4.68. The molecule has 1 aliphatic carbocycles. The van der Waals surface area contributed by atoms with Crippen molar-refractivity contribution in [1.29, 1.82) is 0 Å². The maximum absolute atomic E-state index is 8.60. The zero-order chi connectivity index (χ0) is 20.0. The fraction of sp³-hybridized carbons (Fsp3) is 0.600. The molecule has 2 aromatic heterocycles. The van der Waals surface area contributed by atoms with Gasteiger partial charge in [-0.25, -0.2) is 9.97 Å². The van der Waals surface area contributed by atoms with Crippen molar-refractivity contribution >= 4 is 16.9 Å². The van der Waals surface area contributed by atoms with Crippen molar-refractivity contribution in [3.63, 3.8) is 0 Å². The van der Waals surface area contributed by atoms with Crippen LogP contribution in [0.1, 0.15) is 59.9 Å². The van der Waals surface area contributed by atoms with Crippen LogP contribution in [0.15, 0.2) is 31.2 Å². The van der Waals surface area contributed by atoms with Crippen molar-refractivity contribution in [2.24, 2.45) is 5.41 Å². The van der Waals surface area contributed by atoms with Gasteiger partial charge in [-0.05, 0) is 44.6 Å². The third-order valence-corrected chi connectivity index (χ3v) is 4.68. The number of ether oxygens (including phenoxy) is 1. The summed E-state index contributed by atoms with van der Waals surface area (Å²) in [6, 6.07) is 2.49. The summed E-state index contributed by atoms with van der Waals surface area (Å²) in [7, 11) is 1.46. The molecule has 3 N–H and O–H groups in total. The highest BCUT2D eigenvalue weighted by atomic mass is 16.6. The summed E-state index contributed by atoms with van der Waals surface area (Å²) < 4.78 is 6.73. The topological polar surface area (TPSA) is 86.2 Å². The zero-order valence-electron chi connectivity index (χ0n) is 17.0. The van der Waals surface area contributed by atoms with Gasteiger partial charge in [0.05, 0.1) is 5.39 Å². The first-order valence-electron chi connectivity index (χ1n) is 9.17. The van der Waals surface area contributed by atoms with Gasteiger partial charge in [0.25, 0.3) is 0 Å². The highest BCUT2D eigenvalue weighted by Gasteiger charge is 2.33. The maximum atomic E-state index is 8.60. The maximum Gasteiger partial charge on any atom is 0.159 e. The number of allylic oxidation sites excluding steroid dienone is 1. The molecule has 1 saturated carbocycles. The molecule has 26 heavy (non-hydrogen) atoms. The second kappa shape index (κ2) is 9.14. The summed E-state index contributed by atoms with van der Waals surface area (Å²) >= 11 is 0. The lowest BCUT2D eigenvalue weighted by Crippen LogP contribution is -2.20. The molecule has 0 bridgehead atoms. The lowest BCUT2D eigenvalue weighted by molar-refractivity contribution is -0.155. The van der Waals surface area contributed by atoms with Crippen molar-refractivity contribution in [3.8, 4) is 0 Å². The van der Waals surface area contributed by atoms with Crippen LogP contribution < -0.4 is 5.73 Å². The number of rotatable bonds is 3. The largest absolute Gasteiger partial charge is 0.383 e. The number of hydrogen-bond donors (Lipinski definition) is 2. The molecule has 0 saturated heterocycles. The minimum absolute atomic E-state index is 0.250. The molecular weight excluding hydrogens is 328 g/mol. The van der Waals surface area contributed by atoms with Crippen molar-refractivity contribution in [2.45, 2.75) is 65.7 Å². The summed E-state index contributed by atoms with van der Waals surface area (Å²) in [5, 5.41) is 9.55. The Kier molecular flexibility index (Phi) is 7.78. The number of methoxy groups -OCH3 is 1. The van der Waals surface area contributed by atoms with E-state index in [0.29, 0.717) is 11.9 Å². The van der Waals surface area contributed by atoms with Gasteiger partial charge < -0.3 is 20.1 Å². The van der Waals surface area contributed by atoms with Crippen LogP contribution in [-0.4, -0.2) is 32.5 Å². The van der Waals surface area contributed by atoms with Crippen LogP contribution >= 0.6 is 0 Å². The lowest BCUT2D eigenvalue weighted by Gasteiger charge is -2.19. The van der Waals surface area contributed by atoms with Gasteiger partial charge in [0.1, 0.15) is 17.8 Å². The van der Waals surface area contributed by atoms with Crippen LogP contribution in [0.3, 0.4) is 0 Å². The van der Waals surface area contributed by atoms with E-state index in [1.165, 1.54) is 19.9 Å². The van der Waals surface area contributed by atoms with E-state index >= 15 is 0 Å². The Bertz CT molecular complexity index is 705. The van der Waals surface area contributed by atoms with E-state index in [9.17, 15) is 0 Å². The summed E-state index contributed by atoms with van der Waals surface area (Å²) in [5.74, 6) is -0.400. The van der Waals surface area contributed by atoms with Gasteiger partial charge in [-0.2, -0.15) is 0 Å². The summed E-state index contributed by atoms with van der Waals surface area (Å²) in [6.07, 6.45) is 9.16. The lowest BCUT2D eigenvalue weighted by atomic mass is 9.89. The van der Waals surface area contributed by atoms with Gasteiger partial charge in [-0.3, -0.25) is 0 Å². The fourth-order valence-electron chi connectivity index (χ4n) is 2.95. The van der Waals surface area contributed by atoms with Crippen LogP contribution in [0, 0.1) is 5.41 Å². The average molecular weight is 363 g/mol. The monoisotopic (exact) mass is 362 g/mol. The SMILES string of the molecule is C=C[C@]1(C)CCC(n2ccc3c(N)ncnc32)C1.CC.COC(C)(C)O. The number of nitrogens with zero attached hydrogens (tertiary/aromatic N) is 3. The molecule has 2 heterocycles. The van der Waals surface area contributed by atoms with Gasteiger partial charge in [-0.15, -0.1) is 6.58 Å². The second-order valence-corrected chi connectivity index (χ2v) is 7.12. The van der Waals surface area contributed by atoms with E-state index in [1.807, 2.05) is 19.9 Å². The van der Waals surface area contributed by atoms with E-state index in [-0.39, 0.29) is 5.41 Å². The Labute approximate surface area is 157 Å². The summed E-state index contributed by atoms with van der Waals surface area (Å²) in [5.41, 5.74) is 7.06. The number of nitrogen functional groups attached to an aromatic ring is 1. The molecule has 1 aliphatic rings. The molecule has 3 rings (SSSR count). The van der Waals surface area contributed by atoms with Gasteiger partial charge in [0.2, 0.25) is 0 Å². The highest BCUT2D eigenvalue weighted by molar-refractivity contribution is 5.86. The predicted octanol–water partition coefficient (Wildman–Crippen LogP) is 4.32. The highest BCUT2D eigenvalue weighted by Crippen LogP contribution is 2.45. The number of nitrogens with two attached hydrogens (primary N) is 1. The Morgan fingerprint density at radius 1 is 1.42 bits per heavy atom. The molecule has 0 aliphatic heterocycles. The molecule has 6 nitrogen and oxygen atoms in total. The van der Waals surface area contributed by atoms with Crippen LogP contribution in [0.4, 0.5) is 5.82 Å². The van der Waals surface area contributed by atoms with Crippen molar-refractivity contribution in [3.05, 3.63) is 31.2 Å². The number of anilines is 1. The predicted molar refractivity (Wildman–Crippen MR) is 108 cm³/mol. The third kappa shape index (κ3) is 5.54. The summed E-state index contributed by atoms with van der Waals surface area (Å²) in [4.78, 5) is 8.40. The van der Waals surface area contributed by atoms with Crippen molar-refractivity contribution in [2.75, 3.05) is 12.8 Å². The first-order chi connectivity index (χ1) is 12.2. The molecular formula is C20H34N4O2. The zero-order valence-corrected chi connectivity index (χ0v) is 17.0. The molecule has 2 aromatic rings. The van der Waals surface area contributed by atoms with E-state index in [1.54, 1.807) is 13.8 Å². The van der Waals surface area contributed by atoms with Gasteiger partial charge in [0, 0.05) is 19.3 Å². The minimum atomic E-state index is -0.958. The normalized spacial score (nSPS) is 22.2. The van der Waals surface area contributed by atoms with Crippen LogP contribution in [0.25, 0.3) is 11.0 Å². The van der Waals surface area contributed by atoms with Crippen LogP contribution in [0.5, 0.6) is 0 Å². The number of fused-ring (bicyclic) bond motifs is 1. The minimum Gasteiger partial charge on any atom is -0.383 e. The molecule has 146 valence electrons. The second-order valence-electron chi connectivity index (χ2n) is 7.12. The van der Waals surface area contributed by atoms with E-state index in [2.05, 4.69) is 45.0 Å². The van der Waals surface area contributed by atoms with Crippen LogP contribution in [-0.2, 0) is 4.74 Å². The Morgan fingerprint density at radius 2 is 2.04 bits per heavy atom. The average Bonchev–Trinajstić information content (AvgIpc) is 3.22. The number of aromatic nitrogens is 3. The summed E-state index contributed by atoms with van der Waals surface area (Å²) in [6.45, 7) is 13.4. The smallest absolute Gasteiger partial charge is 0.159 e. The standard InChI is InChI=1S/C14H18N4.C4H10O2.C2H6/c1-3-14(2)6-4-10(8-14)18-7-5-11-12(15)16-9-17-13(11)18;1-4(2,5)6-3;1-2/h3,5,7,9-10H,1,4,6,8H2,2H3,(H2,15,16,17);5H,1-3H3;1-2H3/t10?,14-;;/m1../s1. The quantitative estimate of drug-likeness (QED) is 0.627. The molecule has 1 unspecified atom stereocenters. The molecule has 0 amide bonds. The first kappa shape index (κ1) is 22.1. The molecule has 2 atom stereocenters. The first-order valence-corrected chi connectivity index (χ1v) is 9.17. The van der Waals surface area contributed by atoms with Gasteiger partial charge in [-0.1, -0.05) is 26.8 Å². The van der Waals surface area contributed by atoms with E-state index < -0.39 is 5.79 Å². The Morgan fingerprint density at radius 3 is 2.54 bits per heavy atom. The van der Waals surface area contributed by atoms with Crippen molar-refractivity contribution in [1.82, 2.24) is 14.5 Å². The number of aliphatic hydroxyl groups is 1. The fourth-order valence-corrected chi connectivity index (χ4v) is 2.95. The van der Waals surface area contributed by atoms with Gasteiger partial charge >= 0.3 is 0 Å². The molecule has 0 radical (unpaired) electrons. The van der Waals surface area contributed by atoms with E-state index in [4.69, 9.17) is 10.8 Å². The van der Waals surface area contributed by atoms with E-state index in [0.717, 1.165) is 23.9 Å². The number of hydrogen-bond acceptors (Lipinski definition) is 5. The molecule has 0 spiro atoms. The Balaban J connectivity index is 0.000000363. The molecule has 0 aromatic carbocycles. The van der Waals surface area contributed by atoms with Crippen molar-refractivity contribution < 1.29 is 9.84 Å². The van der Waals surface area contributed by atoms with Gasteiger partial charge in [0.15, 0.2) is 5.79 Å². The Hall–Kier alpha value is -1.92. The molecule has 6 heteroatoms. The molecule has 1 fully saturated rings.